The zero-order valence-corrected chi connectivity index (χ0v) is 12.2. The topological polar surface area (TPSA) is 101 Å². The monoisotopic (exact) mass is 285 g/mol. The van der Waals surface area contributed by atoms with Gasteiger partial charge in [-0.15, -0.1) is 0 Å². The first-order chi connectivity index (χ1) is 9.69. The van der Waals surface area contributed by atoms with Gasteiger partial charge in [0, 0.05) is 20.2 Å². The molecule has 0 saturated heterocycles. The molecule has 0 aliphatic rings. The molecule has 0 bridgehead atoms. The number of aliphatic hydroxyl groups excluding tert-OH is 1. The number of aromatic nitrogens is 3. The fourth-order valence-corrected chi connectivity index (χ4v) is 1.39. The van der Waals surface area contributed by atoms with Crippen LogP contribution in [0.4, 0.5) is 11.9 Å². The zero-order chi connectivity index (χ0) is 14.8. The van der Waals surface area contributed by atoms with Crippen molar-refractivity contribution in [1.29, 1.82) is 0 Å². The second-order valence-corrected chi connectivity index (χ2v) is 4.13. The van der Waals surface area contributed by atoms with Crippen LogP contribution in [0.1, 0.15) is 20.3 Å². The summed E-state index contributed by atoms with van der Waals surface area (Å²) in [6.07, 6.45) is 0.247. The van der Waals surface area contributed by atoms with E-state index in [2.05, 4.69) is 25.6 Å². The molecule has 1 atom stereocenters. The lowest BCUT2D eigenvalue weighted by atomic mass is 10.4. The number of nitrogens with zero attached hydrogens (tertiary/aromatic N) is 3. The minimum Gasteiger partial charge on any atom is -0.463 e. The average molecular weight is 285 g/mol. The summed E-state index contributed by atoms with van der Waals surface area (Å²) >= 11 is 0. The second-order valence-electron chi connectivity index (χ2n) is 4.13. The molecule has 8 nitrogen and oxygen atoms in total. The Bertz CT molecular complexity index is 391. The van der Waals surface area contributed by atoms with Gasteiger partial charge in [0.1, 0.15) is 0 Å². The van der Waals surface area contributed by atoms with Crippen LogP contribution in [-0.2, 0) is 4.74 Å². The Morgan fingerprint density at radius 3 is 2.45 bits per heavy atom. The summed E-state index contributed by atoms with van der Waals surface area (Å²) in [6.45, 7) is 5.73. The highest BCUT2D eigenvalue weighted by atomic mass is 16.5. The molecule has 0 spiro atoms. The molecule has 1 aromatic heterocycles. The molecule has 1 heterocycles. The van der Waals surface area contributed by atoms with Crippen molar-refractivity contribution >= 4 is 11.9 Å². The van der Waals surface area contributed by atoms with Crippen molar-refractivity contribution in [3.63, 3.8) is 0 Å². The molecule has 0 amide bonds. The summed E-state index contributed by atoms with van der Waals surface area (Å²) in [7, 11) is 1.53. The third-order valence-electron chi connectivity index (χ3n) is 2.24. The Morgan fingerprint density at radius 2 is 1.85 bits per heavy atom. The standard InChI is InChI=1S/C12H23N5O3/c1-4-6-20-12-16-10(13-5-2)15-11(17-12)14-7-9(18)8-19-3/h9,18H,4-8H2,1-3H3,(H2,13,14,15,16,17). The van der Waals surface area contributed by atoms with Gasteiger partial charge in [0.05, 0.1) is 19.3 Å². The number of hydrogen-bond acceptors (Lipinski definition) is 8. The van der Waals surface area contributed by atoms with E-state index in [0.29, 0.717) is 25.0 Å². The van der Waals surface area contributed by atoms with E-state index in [1.165, 1.54) is 7.11 Å². The third-order valence-corrected chi connectivity index (χ3v) is 2.24. The molecule has 114 valence electrons. The van der Waals surface area contributed by atoms with E-state index in [1.54, 1.807) is 0 Å². The van der Waals surface area contributed by atoms with E-state index < -0.39 is 6.10 Å². The predicted octanol–water partition coefficient (Wildman–Crippen LogP) is 0.511. The van der Waals surface area contributed by atoms with Gasteiger partial charge in [-0.3, -0.25) is 0 Å². The Balaban J connectivity index is 2.69. The van der Waals surface area contributed by atoms with Gasteiger partial charge in [0.15, 0.2) is 0 Å². The maximum Gasteiger partial charge on any atom is 0.323 e. The van der Waals surface area contributed by atoms with Crippen molar-refractivity contribution < 1.29 is 14.6 Å². The fraction of sp³-hybridized carbons (Fsp3) is 0.750. The van der Waals surface area contributed by atoms with Crippen LogP contribution in [0.2, 0.25) is 0 Å². The van der Waals surface area contributed by atoms with Crippen molar-refractivity contribution in [2.45, 2.75) is 26.4 Å². The van der Waals surface area contributed by atoms with Crippen molar-refractivity contribution in [3.8, 4) is 6.01 Å². The summed E-state index contributed by atoms with van der Waals surface area (Å²) in [5.41, 5.74) is 0. The molecule has 3 N–H and O–H groups in total. The van der Waals surface area contributed by atoms with Gasteiger partial charge >= 0.3 is 6.01 Å². The Labute approximate surface area is 118 Å². The molecule has 20 heavy (non-hydrogen) atoms. The minimum absolute atomic E-state index is 0.247. The molecule has 1 rings (SSSR count). The van der Waals surface area contributed by atoms with Gasteiger partial charge in [-0.1, -0.05) is 6.92 Å². The van der Waals surface area contributed by atoms with Crippen LogP contribution in [0.25, 0.3) is 0 Å². The maximum absolute atomic E-state index is 9.59. The van der Waals surface area contributed by atoms with E-state index in [-0.39, 0.29) is 19.2 Å². The molecule has 0 aliphatic carbocycles. The first kappa shape index (κ1) is 16.4. The van der Waals surface area contributed by atoms with E-state index >= 15 is 0 Å². The van der Waals surface area contributed by atoms with Crippen LogP contribution in [0.5, 0.6) is 6.01 Å². The van der Waals surface area contributed by atoms with Crippen molar-refractivity contribution in [3.05, 3.63) is 0 Å². The van der Waals surface area contributed by atoms with Gasteiger partial charge in [-0.2, -0.15) is 15.0 Å². The van der Waals surface area contributed by atoms with E-state index in [4.69, 9.17) is 9.47 Å². The molecule has 0 fully saturated rings. The minimum atomic E-state index is -0.626. The van der Waals surface area contributed by atoms with Gasteiger partial charge < -0.3 is 25.2 Å². The highest BCUT2D eigenvalue weighted by Gasteiger charge is 2.09. The van der Waals surface area contributed by atoms with Crippen LogP contribution >= 0.6 is 0 Å². The number of methoxy groups -OCH3 is 1. The van der Waals surface area contributed by atoms with Crippen LogP contribution in [0.3, 0.4) is 0 Å². The number of hydrogen-bond donors (Lipinski definition) is 3. The molecule has 0 aromatic carbocycles. The number of rotatable bonds is 10. The number of anilines is 2. The molecular weight excluding hydrogens is 262 g/mol. The molecule has 0 radical (unpaired) electrons. The Hall–Kier alpha value is -1.67. The summed E-state index contributed by atoms with van der Waals surface area (Å²) in [5.74, 6) is 0.801. The summed E-state index contributed by atoms with van der Waals surface area (Å²) in [6, 6.07) is 0.265. The quantitative estimate of drug-likeness (QED) is 0.571. The molecule has 1 aromatic rings. The second kappa shape index (κ2) is 9.27. The van der Waals surface area contributed by atoms with Gasteiger partial charge in [0.2, 0.25) is 11.9 Å². The van der Waals surface area contributed by atoms with Crippen LogP contribution < -0.4 is 15.4 Å². The highest BCUT2D eigenvalue weighted by molar-refractivity contribution is 5.35. The zero-order valence-electron chi connectivity index (χ0n) is 12.2. The van der Waals surface area contributed by atoms with Crippen molar-refractivity contribution in [1.82, 2.24) is 15.0 Å². The molecule has 1 unspecified atom stereocenters. The lowest BCUT2D eigenvalue weighted by Gasteiger charge is -2.12. The summed E-state index contributed by atoms with van der Waals surface area (Å²) in [5, 5.41) is 15.5. The SMILES string of the molecule is CCCOc1nc(NCC)nc(NCC(O)COC)n1. The van der Waals surface area contributed by atoms with E-state index in [9.17, 15) is 5.11 Å². The molecule has 0 aliphatic heterocycles. The van der Waals surface area contributed by atoms with Crippen LogP contribution in [-0.4, -0.2) is 59.6 Å². The highest BCUT2D eigenvalue weighted by Crippen LogP contribution is 2.11. The number of nitrogens with one attached hydrogen (secondary N) is 2. The molecule has 0 saturated carbocycles. The number of ether oxygens (including phenoxy) is 2. The van der Waals surface area contributed by atoms with E-state index in [1.807, 2.05) is 13.8 Å². The summed E-state index contributed by atoms with van der Waals surface area (Å²) < 4.78 is 10.3. The van der Waals surface area contributed by atoms with Crippen molar-refractivity contribution in [2.75, 3.05) is 44.0 Å². The average Bonchev–Trinajstić information content (AvgIpc) is 2.43. The van der Waals surface area contributed by atoms with Gasteiger partial charge in [-0.05, 0) is 13.3 Å². The predicted molar refractivity (Wildman–Crippen MR) is 76.1 cm³/mol. The normalized spacial score (nSPS) is 12.0. The smallest absolute Gasteiger partial charge is 0.323 e. The maximum atomic E-state index is 9.59. The fourth-order valence-electron chi connectivity index (χ4n) is 1.39. The van der Waals surface area contributed by atoms with E-state index in [0.717, 1.165) is 6.42 Å². The lowest BCUT2D eigenvalue weighted by molar-refractivity contribution is 0.0726. The third kappa shape index (κ3) is 5.98. The molecule has 8 heteroatoms. The number of aliphatic hydroxyl groups is 1. The largest absolute Gasteiger partial charge is 0.463 e. The first-order valence-corrected chi connectivity index (χ1v) is 6.73. The lowest BCUT2D eigenvalue weighted by Crippen LogP contribution is -2.25. The van der Waals surface area contributed by atoms with Crippen LogP contribution in [0.15, 0.2) is 0 Å². The first-order valence-electron chi connectivity index (χ1n) is 6.73. The Morgan fingerprint density at radius 1 is 1.15 bits per heavy atom. The van der Waals surface area contributed by atoms with Crippen LogP contribution in [0, 0.1) is 0 Å². The summed E-state index contributed by atoms with van der Waals surface area (Å²) in [4.78, 5) is 12.5. The Kier molecular flexibility index (Phi) is 7.59. The van der Waals surface area contributed by atoms with Crippen molar-refractivity contribution in [2.24, 2.45) is 0 Å². The molecular formula is C12H23N5O3. The van der Waals surface area contributed by atoms with Gasteiger partial charge in [-0.25, -0.2) is 0 Å². The van der Waals surface area contributed by atoms with Gasteiger partial charge in [0.25, 0.3) is 0 Å².